The van der Waals surface area contributed by atoms with Crippen LogP contribution >= 0.6 is 0 Å². The molecule has 2 rings (SSSR count). The Morgan fingerprint density at radius 3 is 2.05 bits per heavy atom. The van der Waals surface area contributed by atoms with Crippen molar-refractivity contribution in [2.45, 2.75) is 12.5 Å². The standard InChI is InChI=1S/C16H15NO3.Na.H/c17-14(11-12-7-3-1-4-8-12)16(19)20-15(18)13-9-5-2-6-10-13;;/h1-10,14H,11,17H2;;/t14-;;/m0../s1. The zero-order valence-corrected chi connectivity index (χ0v) is 10.9. The molecule has 4 nitrogen and oxygen atoms in total. The molecule has 0 aliphatic rings. The van der Waals surface area contributed by atoms with E-state index in [1.807, 2.05) is 30.3 Å². The summed E-state index contributed by atoms with van der Waals surface area (Å²) in [6.07, 6.45) is 0.335. The van der Waals surface area contributed by atoms with Gasteiger partial charge >= 0.3 is 41.5 Å². The van der Waals surface area contributed by atoms with Gasteiger partial charge in [0.2, 0.25) is 0 Å². The van der Waals surface area contributed by atoms with Crippen LogP contribution < -0.4 is 5.73 Å². The van der Waals surface area contributed by atoms with Crippen LogP contribution in [-0.4, -0.2) is 47.5 Å². The average molecular weight is 293 g/mol. The van der Waals surface area contributed by atoms with Crippen LogP contribution in [0.1, 0.15) is 15.9 Å². The molecule has 0 saturated carbocycles. The van der Waals surface area contributed by atoms with Gasteiger partial charge in [0.05, 0.1) is 5.56 Å². The van der Waals surface area contributed by atoms with Crippen LogP contribution in [-0.2, 0) is 16.0 Å². The molecule has 104 valence electrons. The number of rotatable bonds is 4. The van der Waals surface area contributed by atoms with E-state index >= 15 is 0 Å². The number of esters is 2. The first-order valence-electron chi connectivity index (χ1n) is 6.27. The van der Waals surface area contributed by atoms with Crippen molar-refractivity contribution in [3.05, 3.63) is 71.8 Å². The predicted molar refractivity (Wildman–Crippen MR) is 82.1 cm³/mol. The van der Waals surface area contributed by atoms with E-state index in [0.29, 0.717) is 12.0 Å². The summed E-state index contributed by atoms with van der Waals surface area (Å²) in [5.74, 6) is -1.40. The minimum absolute atomic E-state index is 0. The quantitative estimate of drug-likeness (QED) is 0.524. The molecule has 0 bridgehead atoms. The van der Waals surface area contributed by atoms with Gasteiger partial charge in [-0.05, 0) is 24.1 Å². The summed E-state index contributed by atoms with van der Waals surface area (Å²) in [5.41, 5.74) is 7.00. The van der Waals surface area contributed by atoms with Gasteiger partial charge in [-0.25, -0.2) is 9.59 Å². The molecular formula is C16H16NNaO3. The molecule has 2 aromatic rings. The van der Waals surface area contributed by atoms with E-state index in [1.165, 1.54) is 0 Å². The van der Waals surface area contributed by atoms with Crippen molar-refractivity contribution in [2.24, 2.45) is 5.73 Å². The van der Waals surface area contributed by atoms with Crippen LogP contribution in [0, 0.1) is 0 Å². The summed E-state index contributed by atoms with van der Waals surface area (Å²) >= 11 is 0. The van der Waals surface area contributed by atoms with Gasteiger partial charge < -0.3 is 10.5 Å². The summed E-state index contributed by atoms with van der Waals surface area (Å²) in [5, 5.41) is 0. The normalized spacial score (nSPS) is 11.1. The van der Waals surface area contributed by atoms with E-state index < -0.39 is 18.0 Å². The molecule has 0 aliphatic heterocycles. The number of ether oxygens (including phenoxy) is 1. The Labute approximate surface area is 145 Å². The molecule has 0 unspecified atom stereocenters. The molecule has 1 atom stereocenters. The molecular weight excluding hydrogens is 277 g/mol. The average Bonchev–Trinajstić information content (AvgIpc) is 2.49. The van der Waals surface area contributed by atoms with E-state index in [2.05, 4.69) is 0 Å². The first kappa shape index (κ1) is 17.6. The number of nitrogens with two attached hydrogens (primary N) is 1. The third-order valence-corrected chi connectivity index (χ3v) is 2.80. The zero-order chi connectivity index (χ0) is 14.4. The summed E-state index contributed by atoms with van der Waals surface area (Å²) < 4.78 is 4.77. The topological polar surface area (TPSA) is 69.4 Å². The van der Waals surface area contributed by atoms with E-state index in [-0.39, 0.29) is 29.6 Å². The molecule has 0 radical (unpaired) electrons. The fourth-order valence-corrected chi connectivity index (χ4v) is 1.75. The molecule has 5 heteroatoms. The summed E-state index contributed by atoms with van der Waals surface area (Å²) in [4.78, 5) is 23.5. The zero-order valence-electron chi connectivity index (χ0n) is 10.9. The van der Waals surface area contributed by atoms with Crippen molar-refractivity contribution >= 4 is 41.5 Å². The second-order valence-electron chi connectivity index (χ2n) is 4.37. The maximum absolute atomic E-state index is 11.8. The van der Waals surface area contributed by atoms with Crippen molar-refractivity contribution in [3.8, 4) is 0 Å². The van der Waals surface area contributed by atoms with E-state index in [0.717, 1.165) is 5.56 Å². The summed E-state index contributed by atoms with van der Waals surface area (Å²) in [7, 11) is 0. The Bertz CT molecular complexity index is 587. The molecule has 0 heterocycles. The van der Waals surface area contributed by atoms with Crippen LogP contribution in [0.25, 0.3) is 0 Å². The molecule has 0 aromatic heterocycles. The van der Waals surface area contributed by atoms with Gasteiger partial charge in [-0.3, -0.25) is 0 Å². The number of carbonyl (C=O) groups excluding carboxylic acids is 2. The molecule has 0 amide bonds. The van der Waals surface area contributed by atoms with Crippen molar-refractivity contribution in [1.82, 2.24) is 0 Å². The van der Waals surface area contributed by atoms with Gasteiger partial charge in [0, 0.05) is 0 Å². The second kappa shape index (κ2) is 8.74. The van der Waals surface area contributed by atoms with Gasteiger partial charge in [-0.2, -0.15) is 0 Å². The van der Waals surface area contributed by atoms with Crippen molar-refractivity contribution < 1.29 is 14.3 Å². The Balaban J connectivity index is 0.00000220. The molecule has 21 heavy (non-hydrogen) atoms. The van der Waals surface area contributed by atoms with Gasteiger partial charge in [-0.1, -0.05) is 48.5 Å². The Morgan fingerprint density at radius 2 is 1.48 bits per heavy atom. The minimum atomic E-state index is -0.856. The van der Waals surface area contributed by atoms with Gasteiger partial charge in [0.25, 0.3) is 0 Å². The Hall–Kier alpha value is -1.46. The molecule has 0 saturated heterocycles. The van der Waals surface area contributed by atoms with Gasteiger partial charge in [0.1, 0.15) is 6.04 Å². The van der Waals surface area contributed by atoms with Crippen molar-refractivity contribution in [3.63, 3.8) is 0 Å². The number of carbonyl (C=O) groups is 2. The Kier molecular flexibility index (Phi) is 7.32. The molecule has 2 N–H and O–H groups in total. The maximum atomic E-state index is 11.8. The van der Waals surface area contributed by atoms with E-state index in [4.69, 9.17) is 10.5 Å². The summed E-state index contributed by atoms with van der Waals surface area (Å²) in [6.45, 7) is 0. The van der Waals surface area contributed by atoms with E-state index in [9.17, 15) is 9.59 Å². The fraction of sp³-hybridized carbons (Fsp3) is 0.125. The Morgan fingerprint density at radius 1 is 0.952 bits per heavy atom. The number of benzene rings is 2. The SMILES string of the molecule is N[C@@H](Cc1ccccc1)C(=O)OC(=O)c1ccccc1.[NaH]. The van der Waals surface area contributed by atoms with Crippen LogP contribution in [0.2, 0.25) is 0 Å². The molecule has 2 aromatic carbocycles. The third kappa shape index (κ3) is 5.44. The van der Waals surface area contributed by atoms with Crippen molar-refractivity contribution in [1.29, 1.82) is 0 Å². The van der Waals surface area contributed by atoms with Crippen LogP contribution in [0.4, 0.5) is 0 Å². The molecule has 0 spiro atoms. The van der Waals surface area contributed by atoms with Crippen LogP contribution in [0.15, 0.2) is 60.7 Å². The first-order chi connectivity index (χ1) is 9.66. The third-order valence-electron chi connectivity index (χ3n) is 2.80. The second-order valence-corrected chi connectivity index (χ2v) is 4.37. The fourth-order valence-electron chi connectivity index (χ4n) is 1.75. The van der Waals surface area contributed by atoms with Crippen LogP contribution in [0.3, 0.4) is 0 Å². The predicted octanol–water partition coefficient (Wildman–Crippen LogP) is 1.29. The van der Waals surface area contributed by atoms with Gasteiger partial charge in [0.15, 0.2) is 0 Å². The van der Waals surface area contributed by atoms with Gasteiger partial charge in [-0.15, -0.1) is 0 Å². The first-order valence-corrected chi connectivity index (χ1v) is 6.27. The van der Waals surface area contributed by atoms with Crippen molar-refractivity contribution in [2.75, 3.05) is 0 Å². The summed E-state index contributed by atoms with van der Waals surface area (Å²) in [6, 6.07) is 16.8. The van der Waals surface area contributed by atoms with Crippen LogP contribution in [0.5, 0.6) is 0 Å². The number of hydrogen-bond donors (Lipinski definition) is 1. The monoisotopic (exact) mass is 293 g/mol. The number of hydrogen-bond acceptors (Lipinski definition) is 4. The molecule has 0 fully saturated rings. The molecule has 0 aliphatic carbocycles. The van der Waals surface area contributed by atoms with E-state index in [1.54, 1.807) is 30.3 Å².